The first-order valence-electron chi connectivity index (χ1n) is 8.23. The second-order valence-corrected chi connectivity index (χ2v) is 7.67. The fourth-order valence-electron chi connectivity index (χ4n) is 2.18. The van der Waals surface area contributed by atoms with Crippen LogP contribution in [0.25, 0.3) is 0 Å². The largest absolute Gasteiger partial charge is 0.456 e. The molecule has 0 aromatic carbocycles. The van der Waals surface area contributed by atoms with Gasteiger partial charge in [0.1, 0.15) is 5.76 Å². The molecule has 25 heavy (non-hydrogen) atoms. The Morgan fingerprint density at radius 1 is 1.40 bits per heavy atom. The quantitative estimate of drug-likeness (QED) is 0.204. The van der Waals surface area contributed by atoms with E-state index in [1.165, 1.54) is 13.8 Å². The van der Waals surface area contributed by atoms with Gasteiger partial charge in [-0.25, -0.2) is 4.39 Å². The molecule has 0 heterocycles. The minimum Gasteiger partial charge on any atom is -0.456 e. The van der Waals surface area contributed by atoms with E-state index in [1.54, 1.807) is 30.4 Å². The minimum absolute atomic E-state index is 0.0766. The summed E-state index contributed by atoms with van der Waals surface area (Å²) in [5, 5.41) is 0. The Morgan fingerprint density at radius 3 is 2.36 bits per heavy atom. The standard InChI is InChI=1S/C20H32F2NOP/c1-9-11-18(24-20(7,22)25)13-19(6,10-2)15(3)14-23(8)17(5)12-16(4)21/h9-13,17H,2-3,14,25H2,1,4-8H3/b11-9-,16-12+,18-13+. The van der Waals surface area contributed by atoms with Gasteiger partial charge in [-0.1, -0.05) is 28.0 Å². The molecule has 0 aromatic heterocycles. The summed E-state index contributed by atoms with van der Waals surface area (Å²) in [5.74, 6) is 0.170. The van der Waals surface area contributed by atoms with E-state index in [4.69, 9.17) is 4.74 Å². The van der Waals surface area contributed by atoms with Crippen molar-refractivity contribution in [2.75, 3.05) is 13.6 Å². The zero-order valence-electron chi connectivity index (χ0n) is 16.3. The van der Waals surface area contributed by atoms with Crippen LogP contribution in [0.5, 0.6) is 0 Å². The lowest BCUT2D eigenvalue weighted by atomic mass is 9.81. The highest BCUT2D eigenvalue weighted by atomic mass is 31.0. The molecule has 0 N–H and O–H groups in total. The Balaban J connectivity index is 5.48. The molecular formula is C20H32F2NOP. The molecule has 0 aromatic rings. The molecule has 0 rings (SSSR count). The average molecular weight is 371 g/mol. The maximum absolute atomic E-state index is 13.8. The van der Waals surface area contributed by atoms with E-state index >= 15 is 0 Å². The molecular weight excluding hydrogens is 339 g/mol. The molecule has 0 aliphatic rings. The van der Waals surface area contributed by atoms with Gasteiger partial charge in [-0.3, -0.25) is 4.90 Å². The Morgan fingerprint density at radius 2 is 1.96 bits per heavy atom. The van der Waals surface area contributed by atoms with Gasteiger partial charge in [0.15, 0.2) is 0 Å². The summed E-state index contributed by atoms with van der Waals surface area (Å²) in [6.07, 6.45) is 8.55. The lowest BCUT2D eigenvalue weighted by molar-refractivity contribution is -0.00859. The highest BCUT2D eigenvalue weighted by Crippen LogP contribution is 2.34. The molecule has 0 aliphatic heterocycles. The van der Waals surface area contributed by atoms with Gasteiger partial charge in [0.05, 0.1) is 5.83 Å². The third-order valence-electron chi connectivity index (χ3n) is 3.88. The van der Waals surface area contributed by atoms with Crippen LogP contribution in [0.3, 0.4) is 0 Å². The van der Waals surface area contributed by atoms with E-state index < -0.39 is 11.0 Å². The SMILES string of the molecule is C=CC(C)(/C=C(\C=C/C)OC(C)(F)P)C(=C)CN(C)C(C)/C=C(\C)F. The molecule has 2 nitrogen and oxygen atoms in total. The third-order valence-corrected chi connectivity index (χ3v) is 4.00. The molecule has 0 fully saturated rings. The van der Waals surface area contributed by atoms with Crippen LogP contribution in [0, 0.1) is 5.41 Å². The van der Waals surface area contributed by atoms with Crippen LogP contribution < -0.4 is 0 Å². The van der Waals surface area contributed by atoms with Gasteiger partial charge < -0.3 is 4.74 Å². The van der Waals surface area contributed by atoms with Crippen molar-refractivity contribution in [1.82, 2.24) is 4.90 Å². The Labute approximate surface area is 154 Å². The lowest BCUT2D eigenvalue weighted by Gasteiger charge is -2.31. The number of likely N-dealkylation sites (N-methyl/N-ethyl adjacent to an activating group) is 1. The number of halogens is 2. The fourth-order valence-corrected chi connectivity index (χ4v) is 2.32. The van der Waals surface area contributed by atoms with E-state index in [1.807, 2.05) is 42.0 Å². The minimum atomic E-state index is -1.87. The monoisotopic (exact) mass is 371 g/mol. The first-order valence-corrected chi connectivity index (χ1v) is 8.80. The van der Waals surface area contributed by atoms with Crippen molar-refractivity contribution >= 4 is 9.24 Å². The highest BCUT2D eigenvalue weighted by Gasteiger charge is 2.26. The lowest BCUT2D eigenvalue weighted by Crippen LogP contribution is -2.33. The number of allylic oxidation sites excluding steroid dienone is 5. The molecule has 0 saturated carbocycles. The summed E-state index contributed by atoms with van der Waals surface area (Å²) in [7, 11) is 3.91. The van der Waals surface area contributed by atoms with E-state index in [-0.39, 0.29) is 11.9 Å². The third kappa shape index (κ3) is 9.13. The summed E-state index contributed by atoms with van der Waals surface area (Å²) in [4.78, 5) is 1.98. The van der Waals surface area contributed by atoms with Crippen LogP contribution in [0.2, 0.25) is 0 Å². The van der Waals surface area contributed by atoms with Gasteiger partial charge in [-0.05, 0) is 58.5 Å². The zero-order chi connectivity index (χ0) is 19.8. The first-order chi connectivity index (χ1) is 11.3. The number of nitrogens with zero attached hydrogens (tertiary/aromatic N) is 1. The molecule has 0 amide bonds. The smallest absolute Gasteiger partial charge is 0.256 e. The van der Waals surface area contributed by atoms with Gasteiger partial charge in [-0.2, -0.15) is 4.39 Å². The van der Waals surface area contributed by atoms with Crippen LogP contribution in [-0.2, 0) is 4.74 Å². The van der Waals surface area contributed by atoms with Crippen molar-refractivity contribution in [2.45, 2.75) is 46.3 Å². The highest BCUT2D eigenvalue weighted by molar-refractivity contribution is 7.18. The molecule has 0 bridgehead atoms. The molecule has 0 saturated heterocycles. The van der Waals surface area contributed by atoms with Crippen molar-refractivity contribution < 1.29 is 13.5 Å². The van der Waals surface area contributed by atoms with Gasteiger partial charge in [0.2, 0.25) is 0 Å². The fraction of sp³-hybridized carbons (Fsp3) is 0.500. The number of hydrogen-bond donors (Lipinski definition) is 0. The number of rotatable bonds is 10. The number of ether oxygens (including phenoxy) is 1. The van der Waals surface area contributed by atoms with Gasteiger partial charge in [0.25, 0.3) is 5.60 Å². The summed E-state index contributed by atoms with van der Waals surface area (Å²) in [6.45, 7) is 17.0. The molecule has 5 heteroatoms. The molecule has 4 unspecified atom stereocenters. The molecule has 0 spiro atoms. The Bertz CT molecular complexity index is 557. The van der Waals surface area contributed by atoms with Crippen molar-refractivity contribution in [1.29, 1.82) is 0 Å². The van der Waals surface area contributed by atoms with Crippen molar-refractivity contribution in [3.05, 3.63) is 60.7 Å². The Kier molecular flexibility index (Phi) is 9.53. The number of hydrogen-bond acceptors (Lipinski definition) is 2. The Hall–Kier alpha value is -1.25. The molecule has 142 valence electrons. The van der Waals surface area contributed by atoms with Crippen molar-refractivity contribution in [2.24, 2.45) is 5.41 Å². The maximum Gasteiger partial charge on any atom is 0.256 e. The predicted molar refractivity (Wildman–Crippen MR) is 108 cm³/mol. The predicted octanol–water partition coefficient (Wildman–Crippen LogP) is 5.92. The van der Waals surface area contributed by atoms with Gasteiger partial charge in [0, 0.05) is 24.9 Å². The number of alkyl halides is 1. The van der Waals surface area contributed by atoms with E-state index in [2.05, 4.69) is 13.2 Å². The van der Waals surface area contributed by atoms with Crippen LogP contribution in [0.15, 0.2) is 60.7 Å². The van der Waals surface area contributed by atoms with Gasteiger partial charge in [-0.15, -0.1) is 6.58 Å². The summed E-state index contributed by atoms with van der Waals surface area (Å²) >= 11 is 0. The summed E-state index contributed by atoms with van der Waals surface area (Å²) in [5.41, 5.74) is -1.63. The van der Waals surface area contributed by atoms with Gasteiger partial charge >= 0.3 is 0 Å². The normalized spacial score (nSPS) is 19.4. The van der Waals surface area contributed by atoms with Crippen molar-refractivity contribution in [3.8, 4) is 0 Å². The van der Waals surface area contributed by atoms with Crippen LogP contribution in [0.4, 0.5) is 8.78 Å². The summed E-state index contributed by atoms with van der Waals surface area (Å²) in [6, 6.07) is -0.0766. The van der Waals surface area contributed by atoms with Crippen LogP contribution in [-0.4, -0.2) is 30.1 Å². The zero-order valence-corrected chi connectivity index (χ0v) is 17.4. The molecule has 0 radical (unpaired) electrons. The van der Waals surface area contributed by atoms with E-state index in [0.717, 1.165) is 5.57 Å². The van der Waals surface area contributed by atoms with Crippen LogP contribution >= 0.6 is 9.24 Å². The summed E-state index contributed by atoms with van der Waals surface area (Å²) < 4.78 is 32.3. The maximum atomic E-state index is 13.8. The van der Waals surface area contributed by atoms with E-state index in [0.29, 0.717) is 12.3 Å². The average Bonchev–Trinajstić information content (AvgIpc) is 2.44. The first kappa shape index (κ1) is 23.8. The van der Waals surface area contributed by atoms with E-state index in [9.17, 15) is 8.78 Å². The second kappa shape index (κ2) is 10.0. The molecule has 4 atom stereocenters. The van der Waals surface area contributed by atoms with Crippen molar-refractivity contribution in [3.63, 3.8) is 0 Å². The topological polar surface area (TPSA) is 12.5 Å². The van der Waals surface area contributed by atoms with Crippen LogP contribution in [0.1, 0.15) is 34.6 Å². The second-order valence-electron chi connectivity index (χ2n) is 6.63. The molecule has 0 aliphatic carbocycles.